The third-order valence-electron chi connectivity index (χ3n) is 3.94. The Labute approximate surface area is 144 Å². The number of para-hydroxylation sites is 1. The summed E-state index contributed by atoms with van der Waals surface area (Å²) in [6.07, 6.45) is 5.41. The SMILES string of the molecule is COC(=O)C(=C=Cc1coc2ccccc2c1=O)C1=CC[C@H](C)CO1. The Morgan fingerprint density at radius 1 is 1.36 bits per heavy atom. The highest BCUT2D eigenvalue weighted by Crippen LogP contribution is 2.22. The first-order valence-corrected chi connectivity index (χ1v) is 7.99. The molecule has 25 heavy (non-hydrogen) atoms. The Bertz CT molecular complexity index is 957. The summed E-state index contributed by atoms with van der Waals surface area (Å²) in [5, 5.41) is 0.472. The van der Waals surface area contributed by atoms with E-state index in [1.807, 2.05) is 6.08 Å². The van der Waals surface area contributed by atoms with Crippen LogP contribution in [-0.2, 0) is 14.3 Å². The van der Waals surface area contributed by atoms with Gasteiger partial charge in [-0.05, 0) is 36.6 Å². The van der Waals surface area contributed by atoms with Gasteiger partial charge >= 0.3 is 5.97 Å². The molecule has 5 nitrogen and oxygen atoms in total. The van der Waals surface area contributed by atoms with Crippen LogP contribution in [0.1, 0.15) is 18.9 Å². The van der Waals surface area contributed by atoms with Crippen LogP contribution in [0, 0.1) is 5.92 Å². The molecule has 0 bridgehead atoms. The van der Waals surface area contributed by atoms with Crippen LogP contribution in [0.15, 0.2) is 62.9 Å². The summed E-state index contributed by atoms with van der Waals surface area (Å²) in [5.74, 6) is 0.243. The number of fused-ring (bicyclic) bond motifs is 1. The summed E-state index contributed by atoms with van der Waals surface area (Å²) in [7, 11) is 1.29. The van der Waals surface area contributed by atoms with Crippen LogP contribution in [0.3, 0.4) is 0 Å². The van der Waals surface area contributed by atoms with Crippen LogP contribution in [-0.4, -0.2) is 19.7 Å². The molecule has 1 aromatic heterocycles. The summed E-state index contributed by atoms with van der Waals surface area (Å²) in [6, 6.07) is 6.98. The van der Waals surface area contributed by atoms with Crippen LogP contribution in [0.4, 0.5) is 0 Å². The van der Waals surface area contributed by atoms with Crippen LogP contribution in [0.5, 0.6) is 0 Å². The number of carbonyl (C=O) groups excluding carboxylic acids is 1. The van der Waals surface area contributed by atoms with Crippen LogP contribution in [0.2, 0.25) is 0 Å². The van der Waals surface area contributed by atoms with Gasteiger partial charge in [-0.25, -0.2) is 4.79 Å². The number of carbonyl (C=O) groups is 1. The zero-order valence-electron chi connectivity index (χ0n) is 14.1. The smallest absolute Gasteiger partial charge is 0.349 e. The van der Waals surface area contributed by atoms with Crippen molar-refractivity contribution in [2.75, 3.05) is 13.7 Å². The summed E-state index contributed by atoms with van der Waals surface area (Å²) >= 11 is 0. The van der Waals surface area contributed by atoms with E-state index >= 15 is 0 Å². The quantitative estimate of drug-likeness (QED) is 0.487. The molecule has 0 N–H and O–H groups in total. The molecule has 0 unspecified atom stereocenters. The van der Waals surface area contributed by atoms with Gasteiger partial charge in [0.2, 0.25) is 5.43 Å². The molecule has 0 radical (unpaired) electrons. The fourth-order valence-corrected chi connectivity index (χ4v) is 2.52. The molecule has 0 saturated carbocycles. The number of esters is 1. The number of methoxy groups -OCH3 is 1. The summed E-state index contributed by atoms with van der Waals surface area (Å²) in [6.45, 7) is 2.58. The van der Waals surface area contributed by atoms with Crippen molar-refractivity contribution in [2.24, 2.45) is 5.92 Å². The van der Waals surface area contributed by atoms with Crippen molar-refractivity contribution in [3.8, 4) is 0 Å². The van der Waals surface area contributed by atoms with Crippen molar-refractivity contribution in [2.45, 2.75) is 13.3 Å². The Morgan fingerprint density at radius 2 is 2.16 bits per heavy atom. The summed E-state index contributed by atoms with van der Waals surface area (Å²) in [4.78, 5) is 24.5. The minimum Gasteiger partial charge on any atom is -0.492 e. The van der Waals surface area contributed by atoms with Crippen molar-refractivity contribution in [3.05, 3.63) is 69.5 Å². The van der Waals surface area contributed by atoms with E-state index in [1.165, 1.54) is 19.4 Å². The van der Waals surface area contributed by atoms with Gasteiger partial charge in [0.1, 0.15) is 23.2 Å². The van der Waals surface area contributed by atoms with Gasteiger partial charge < -0.3 is 13.9 Å². The number of benzene rings is 1. The fraction of sp³-hybridized carbons (Fsp3) is 0.250. The molecule has 2 aromatic rings. The lowest BCUT2D eigenvalue weighted by Gasteiger charge is -2.19. The van der Waals surface area contributed by atoms with Crippen molar-refractivity contribution >= 4 is 23.0 Å². The van der Waals surface area contributed by atoms with E-state index in [1.54, 1.807) is 24.3 Å². The second kappa shape index (κ2) is 7.24. The van der Waals surface area contributed by atoms with Crippen LogP contribution < -0.4 is 5.43 Å². The maximum atomic E-state index is 12.5. The molecule has 1 atom stereocenters. The van der Waals surface area contributed by atoms with Gasteiger partial charge in [-0.3, -0.25) is 4.79 Å². The Hall–Kier alpha value is -3.04. The number of hydrogen-bond acceptors (Lipinski definition) is 5. The first-order chi connectivity index (χ1) is 12.1. The standard InChI is InChI=1S/C20H18O5/c1-13-7-10-18(24-11-13)16(20(22)23-2)9-8-14-12-25-17-6-4-3-5-15(17)19(14)21/h3-6,8,10,12-13H,7,11H2,1-2H3/t9?,13-/m0/s1. The van der Waals surface area contributed by atoms with E-state index in [0.717, 1.165) is 6.42 Å². The third-order valence-corrected chi connectivity index (χ3v) is 3.94. The zero-order valence-corrected chi connectivity index (χ0v) is 14.1. The molecule has 0 saturated heterocycles. The largest absolute Gasteiger partial charge is 0.492 e. The Balaban J connectivity index is 2.07. The molecular weight excluding hydrogens is 320 g/mol. The van der Waals surface area contributed by atoms with Crippen LogP contribution in [0.25, 0.3) is 17.0 Å². The summed E-state index contributed by atoms with van der Waals surface area (Å²) < 4.78 is 15.9. The third kappa shape index (κ3) is 3.57. The molecule has 0 fully saturated rings. The molecule has 1 aromatic carbocycles. The average Bonchev–Trinajstić information content (AvgIpc) is 2.64. The van der Waals surface area contributed by atoms with E-state index in [2.05, 4.69) is 12.7 Å². The maximum Gasteiger partial charge on any atom is 0.349 e. The molecular formula is C20H18O5. The topological polar surface area (TPSA) is 65.7 Å². The number of allylic oxidation sites excluding steroid dienone is 1. The first-order valence-electron chi connectivity index (χ1n) is 7.99. The second-order valence-electron chi connectivity index (χ2n) is 5.89. The van der Waals surface area contributed by atoms with Gasteiger partial charge in [0.15, 0.2) is 0 Å². The van der Waals surface area contributed by atoms with Gasteiger partial charge in [0.05, 0.1) is 24.7 Å². The summed E-state index contributed by atoms with van der Waals surface area (Å²) in [5.41, 5.74) is 3.61. The van der Waals surface area contributed by atoms with E-state index in [-0.39, 0.29) is 11.0 Å². The van der Waals surface area contributed by atoms with Gasteiger partial charge in [0.25, 0.3) is 0 Å². The molecule has 2 heterocycles. The highest BCUT2D eigenvalue weighted by molar-refractivity contribution is 5.93. The van der Waals surface area contributed by atoms with E-state index in [0.29, 0.717) is 34.8 Å². The number of ether oxygens (including phenoxy) is 2. The Kier molecular flexibility index (Phi) is 4.87. The van der Waals surface area contributed by atoms with Gasteiger partial charge in [-0.1, -0.05) is 19.1 Å². The predicted octanol–water partition coefficient (Wildman–Crippen LogP) is 3.44. The molecule has 0 amide bonds. The number of rotatable bonds is 3. The van der Waals surface area contributed by atoms with Gasteiger partial charge in [0, 0.05) is 0 Å². The molecule has 0 aliphatic carbocycles. The first kappa shape index (κ1) is 16.8. The molecule has 0 spiro atoms. The lowest BCUT2D eigenvalue weighted by atomic mass is 10.0. The predicted molar refractivity (Wildman–Crippen MR) is 93.8 cm³/mol. The molecule has 128 valence electrons. The van der Waals surface area contributed by atoms with Crippen LogP contribution >= 0.6 is 0 Å². The van der Waals surface area contributed by atoms with Crippen molar-refractivity contribution in [1.82, 2.24) is 0 Å². The van der Waals surface area contributed by atoms with Gasteiger partial charge in [-0.2, -0.15) is 0 Å². The van der Waals surface area contributed by atoms with E-state index in [4.69, 9.17) is 13.9 Å². The van der Waals surface area contributed by atoms with E-state index in [9.17, 15) is 9.59 Å². The van der Waals surface area contributed by atoms with Crippen molar-refractivity contribution < 1.29 is 18.7 Å². The molecule has 5 heteroatoms. The molecule has 1 aliphatic rings. The van der Waals surface area contributed by atoms with Crippen molar-refractivity contribution in [3.63, 3.8) is 0 Å². The minimum atomic E-state index is -0.567. The molecule has 1 aliphatic heterocycles. The van der Waals surface area contributed by atoms with E-state index < -0.39 is 5.97 Å². The average molecular weight is 338 g/mol. The highest BCUT2D eigenvalue weighted by Gasteiger charge is 2.20. The fourth-order valence-electron chi connectivity index (χ4n) is 2.52. The normalized spacial score (nSPS) is 16.4. The zero-order chi connectivity index (χ0) is 17.8. The highest BCUT2D eigenvalue weighted by atomic mass is 16.5. The lowest BCUT2D eigenvalue weighted by molar-refractivity contribution is -0.136. The maximum absolute atomic E-state index is 12.5. The number of hydrogen-bond donors (Lipinski definition) is 0. The minimum absolute atomic E-state index is 0.155. The monoisotopic (exact) mass is 338 g/mol. The molecule has 3 rings (SSSR count). The van der Waals surface area contributed by atoms with Crippen molar-refractivity contribution in [1.29, 1.82) is 0 Å². The lowest BCUT2D eigenvalue weighted by Crippen LogP contribution is -2.16. The Morgan fingerprint density at radius 3 is 2.88 bits per heavy atom. The second-order valence-corrected chi connectivity index (χ2v) is 5.89. The van der Waals surface area contributed by atoms with Gasteiger partial charge in [-0.15, -0.1) is 5.73 Å².